The molecule has 0 bridgehead atoms. The number of para-hydroxylation sites is 2. The molecule has 3 aromatic rings. The molecular formula is C25H31N3O. The number of rotatable bonds is 4. The summed E-state index contributed by atoms with van der Waals surface area (Å²) in [5.74, 6) is 1.02. The molecule has 0 aliphatic rings. The summed E-state index contributed by atoms with van der Waals surface area (Å²) in [5.41, 5.74) is 4.40. The maximum absolute atomic E-state index is 10.9. The average Bonchev–Trinajstić information content (AvgIpc) is 2.97. The van der Waals surface area contributed by atoms with Gasteiger partial charge in [-0.2, -0.15) is 0 Å². The van der Waals surface area contributed by atoms with Crippen LogP contribution in [0, 0.1) is 0 Å². The van der Waals surface area contributed by atoms with E-state index in [1.165, 1.54) is 0 Å². The van der Waals surface area contributed by atoms with Crippen molar-refractivity contribution in [3.63, 3.8) is 0 Å². The van der Waals surface area contributed by atoms with Gasteiger partial charge in [0.05, 0.1) is 11.0 Å². The largest absolute Gasteiger partial charge is 0.507 e. The summed E-state index contributed by atoms with van der Waals surface area (Å²) >= 11 is 0. The van der Waals surface area contributed by atoms with E-state index in [2.05, 4.69) is 57.7 Å². The number of hydrogen-bond donors (Lipinski definition) is 1. The Bertz CT molecular complexity index is 1040. The fraction of sp³-hybridized carbons (Fsp3) is 0.360. The van der Waals surface area contributed by atoms with Crippen molar-refractivity contribution in [2.24, 2.45) is 4.99 Å². The highest BCUT2D eigenvalue weighted by Crippen LogP contribution is 2.39. The van der Waals surface area contributed by atoms with Crippen molar-refractivity contribution < 1.29 is 5.11 Å². The lowest BCUT2D eigenvalue weighted by Gasteiger charge is -2.27. The molecule has 0 fully saturated rings. The molecule has 0 atom stereocenters. The van der Waals surface area contributed by atoms with Crippen molar-refractivity contribution >= 4 is 23.2 Å². The van der Waals surface area contributed by atoms with E-state index >= 15 is 0 Å². The zero-order valence-electron chi connectivity index (χ0n) is 18.3. The summed E-state index contributed by atoms with van der Waals surface area (Å²) < 4.78 is 2.05. The molecule has 29 heavy (non-hydrogen) atoms. The molecule has 4 nitrogen and oxygen atoms in total. The number of nitrogens with zero attached hydrogens (tertiary/aromatic N) is 3. The molecule has 3 rings (SSSR count). The van der Waals surface area contributed by atoms with Gasteiger partial charge in [0, 0.05) is 23.9 Å². The van der Waals surface area contributed by atoms with Crippen molar-refractivity contribution in [1.29, 1.82) is 0 Å². The van der Waals surface area contributed by atoms with Gasteiger partial charge in [-0.3, -0.25) is 0 Å². The number of imidazole rings is 1. The quantitative estimate of drug-likeness (QED) is 0.422. The Balaban J connectivity index is 2.13. The first-order valence-corrected chi connectivity index (χ1v) is 10.0. The van der Waals surface area contributed by atoms with Crippen molar-refractivity contribution in [3.8, 4) is 5.75 Å². The van der Waals surface area contributed by atoms with Crippen LogP contribution in [-0.2, 0) is 17.4 Å². The van der Waals surface area contributed by atoms with Gasteiger partial charge < -0.3 is 9.67 Å². The molecule has 0 saturated heterocycles. The summed E-state index contributed by atoms with van der Waals surface area (Å²) in [7, 11) is 0. The number of phenolic OH excluding ortho intramolecular Hbond substituents is 1. The molecule has 2 aromatic carbocycles. The van der Waals surface area contributed by atoms with E-state index in [0.717, 1.165) is 27.7 Å². The van der Waals surface area contributed by atoms with Crippen LogP contribution in [-0.4, -0.2) is 20.9 Å². The second kappa shape index (κ2) is 7.51. The minimum Gasteiger partial charge on any atom is -0.507 e. The van der Waals surface area contributed by atoms with Crippen LogP contribution in [0.4, 0.5) is 5.95 Å². The lowest BCUT2D eigenvalue weighted by atomic mass is 9.78. The Morgan fingerprint density at radius 1 is 1.03 bits per heavy atom. The van der Waals surface area contributed by atoms with Gasteiger partial charge in [0.15, 0.2) is 0 Å². The SMILES string of the molecule is C=CCn1c(N=Cc2cc(C(C)(C)C)c(O)c(C(C)(C)C)c2)nc2ccccc21. The summed E-state index contributed by atoms with van der Waals surface area (Å²) in [6.07, 6.45) is 3.69. The van der Waals surface area contributed by atoms with Crippen LogP contribution in [0.1, 0.15) is 58.2 Å². The number of benzene rings is 2. The molecule has 4 heteroatoms. The zero-order valence-corrected chi connectivity index (χ0v) is 18.3. The van der Waals surface area contributed by atoms with Crippen LogP contribution >= 0.6 is 0 Å². The van der Waals surface area contributed by atoms with Gasteiger partial charge in [0.2, 0.25) is 5.95 Å². The number of aromatic hydroxyl groups is 1. The van der Waals surface area contributed by atoms with Crippen molar-refractivity contribution in [3.05, 3.63) is 65.7 Å². The van der Waals surface area contributed by atoms with Gasteiger partial charge in [-0.05, 0) is 40.7 Å². The zero-order chi connectivity index (χ0) is 21.4. The second-order valence-electron chi connectivity index (χ2n) is 9.52. The molecule has 0 saturated carbocycles. The maximum Gasteiger partial charge on any atom is 0.230 e. The Morgan fingerprint density at radius 2 is 1.62 bits per heavy atom. The van der Waals surface area contributed by atoms with E-state index in [1.807, 2.05) is 48.7 Å². The summed E-state index contributed by atoms with van der Waals surface area (Å²) in [4.78, 5) is 9.38. The number of aromatic nitrogens is 2. The molecule has 1 heterocycles. The Labute approximate surface area is 173 Å². The minimum atomic E-state index is -0.177. The third kappa shape index (κ3) is 4.26. The van der Waals surface area contributed by atoms with Crippen LogP contribution in [0.15, 0.2) is 54.0 Å². The molecule has 0 spiro atoms. The van der Waals surface area contributed by atoms with E-state index in [-0.39, 0.29) is 10.8 Å². The molecule has 0 radical (unpaired) electrons. The summed E-state index contributed by atoms with van der Waals surface area (Å²) in [6, 6.07) is 12.1. The molecular weight excluding hydrogens is 358 g/mol. The summed E-state index contributed by atoms with van der Waals surface area (Å²) in [5, 5.41) is 10.9. The molecule has 152 valence electrons. The first-order valence-electron chi connectivity index (χ1n) is 10.0. The summed E-state index contributed by atoms with van der Waals surface area (Å²) in [6.45, 7) is 17.2. The van der Waals surface area contributed by atoms with Crippen LogP contribution < -0.4 is 0 Å². The van der Waals surface area contributed by atoms with E-state index in [1.54, 1.807) is 0 Å². The first-order chi connectivity index (χ1) is 13.5. The molecule has 0 unspecified atom stereocenters. The van der Waals surface area contributed by atoms with E-state index in [9.17, 15) is 5.11 Å². The highest BCUT2D eigenvalue weighted by molar-refractivity contribution is 5.85. The molecule has 0 aliphatic heterocycles. The third-order valence-electron chi connectivity index (χ3n) is 5.02. The predicted octanol–water partition coefficient (Wildman–Crippen LogP) is 6.27. The van der Waals surface area contributed by atoms with Crippen molar-refractivity contribution in [1.82, 2.24) is 9.55 Å². The lowest BCUT2D eigenvalue weighted by molar-refractivity contribution is 0.423. The highest BCUT2D eigenvalue weighted by Gasteiger charge is 2.26. The monoisotopic (exact) mass is 389 g/mol. The van der Waals surface area contributed by atoms with Gasteiger partial charge in [-0.15, -0.1) is 6.58 Å². The van der Waals surface area contributed by atoms with Gasteiger partial charge in [0.1, 0.15) is 5.75 Å². The number of hydrogen-bond acceptors (Lipinski definition) is 3. The van der Waals surface area contributed by atoms with E-state index < -0.39 is 0 Å². The maximum atomic E-state index is 10.9. The smallest absolute Gasteiger partial charge is 0.230 e. The van der Waals surface area contributed by atoms with E-state index in [4.69, 9.17) is 4.99 Å². The highest BCUT2D eigenvalue weighted by atomic mass is 16.3. The second-order valence-corrected chi connectivity index (χ2v) is 9.52. The fourth-order valence-corrected chi connectivity index (χ4v) is 3.48. The minimum absolute atomic E-state index is 0.177. The Hall–Kier alpha value is -2.88. The predicted molar refractivity (Wildman–Crippen MR) is 123 cm³/mol. The van der Waals surface area contributed by atoms with Gasteiger partial charge in [-0.25, -0.2) is 9.98 Å². The van der Waals surface area contributed by atoms with Crippen LogP contribution in [0.5, 0.6) is 5.75 Å². The van der Waals surface area contributed by atoms with Crippen molar-refractivity contribution in [2.45, 2.75) is 58.9 Å². The molecule has 0 aliphatic carbocycles. The average molecular weight is 390 g/mol. The number of aliphatic imine (C=N–C) groups is 1. The Morgan fingerprint density at radius 3 is 2.17 bits per heavy atom. The number of allylic oxidation sites excluding steroid dienone is 1. The van der Waals surface area contributed by atoms with Gasteiger partial charge in [0.25, 0.3) is 0 Å². The fourth-order valence-electron chi connectivity index (χ4n) is 3.48. The lowest BCUT2D eigenvalue weighted by Crippen LogP contribution is -2.17. The Kier molecular flexibility index (Phi) is 5.40. The van der Waals surface area contributed by atoms with Gasteiger partial charge >= 0.3 is 0 Å². The first kappa shape index (κ1) is 20.8. The normalized spacial score (nSPS) is 12.8. The van der Waals surface area contributed by atoms with Gasteiger partial charge in [-0.1, -0.05) is 59.8 Å². The van der Waals surface area contributed by atoms with Crippen LogP contribution in [0.25, 0.3) is 11.0 Å². The number of fused-ring (bicyclic) bond motifs is 1. The van der Waals surface area contributed by atoms with Crippen molar-refractivity contribution in [2.75, 3.05) is 0 Å². The van der Waals surface area contributed by atoms with E-state index in [0.29, 0.717) is 18.2 Å². The molecule has 0 amide bonds. The number of phenols is 1. The molecule has 1 N–H and O–H groups in total. The van der Waals surface area contributed by atoms with Crippen LogP contribution in [0.3, 0.4) is 0 Å². The topological polar surface area (TPSA) is 50.4 Å². The third-order valence-corrected chi connectivity index (χ3v) is 5.02. The standard InChI is InChI=1S/C25H31N3O/c1-8-13-28-21-12-10-9-11-20(21)27-23(28)26-16-17-14-18(24(2,3)4)22(29)19(15-17)25(5,6)7/h8-12,14-16,29H,1,13H2,2-7H3. The van der Waals surface area contributed by atoms with Crippen LogP contribution in [0.2, 0.25) is 0 Å². The molecule has 1 aromatic heterocycles.